The molecule has 0 saturated carbocycles. The van der Waals surface area contributed by atoms with Crippen LogP contribution in [0.25, 0.3) is 5.69 Å². The summed E-state index contributed by atoms with van der Waals surface area (Å²) < 4.78 is 0. The predicted octanol–water partition coefficient (Wildman–Crippen LogP) is 2.86. The van der Waals surface area contributed by atoms with Crippen molar-refractivity contribution < 1.29 is 4.79 Å². The maximum atomic E-state index is 12.5. The van der Waals surface area contributed by atoms with E-state index in [1.807, 2.05) is 44.4 Å². The normalized spacial score (nSPS) is 12.1. The Bertz CT molecular complexity index is 871. The van der Waals surface area contributed by atoms with E-state index in [0.717, 1.165) is 12.1 Å². The van der Waals surface area contributed by atoms with Crippen LogP contribution in [-0.2, 0) is 6.42 Å². The van der Waals surface area contributed by atoms with E-state index in [1.165, 1.54) is 22.1 Å². The Balaban J connectivity index is 1.66. The second-order valence-corrected chi connectivity index (χ2v) is 6.64. The highest BCUT2D eigenvalue weighted by atomic mass is 16.2. The molecule has 1 unspecified atom stereocenters. The number of nitrogens with one attached hydrogen (secondary N) is 1. The van der Waals surface area contributed by atoms with Gasteiger partial charge in [0.2, 0.25) is 0 Å². The molecular weight excluding hydrogens is 338 g/mol. The van der Waals surface area contributed by atoms with Gasteiger partial charge in [0.15, 0.2) is 5.69 Å². The third kappa shape index (κ3) is 4.60. The predicted molar refractivity (Wildman–Crippen MR) is 106 cm³/mol. The number of benzene rings is 2. The van der Waals surface area contributed by atoms with Crippen LogP contribution < -0.4 is 5.32 Å². The van der Waals surface area contributed by atoms with Crippen LogP contribution in [0.3, 0.4) is 0 Å². The molecule has 1 aromatic heterocycles. The van der Waals surface area contributed by atoms with Gasteiger partial charge in [-0.2, -0.15) is 9.90 Å². The number of rotatable bonds is 7. The summed E-state index contributed by atoms with van der Waals surface area (Å²) >= 11 is 0. The van der Waals surface area contributed by atoms with Crippen molar-refractivity contribution in [1.82, 2.24) is 25.2 Å². The highest BCUT2D eigenvalue weighted by Crippen LogP contribution is 2.18. The highest BCUT2D eigenvalue weighted by molar-refractivity contribution is 5.91. The number of likely N-dealkylation sites (N-methyl/N-ethyl adjacent to an activating group) is 1. The van der Waals surface area contributed by atoms with E-state index >= 15 is 0 Å². The Morgan fingerprint density at radius 3 is 2.44 bits per heavy atom. The number of carbonyl (C=O) groups excluding carboxylic acids is 1. The van der Waals surface area contributed by atoms with E-state index in [2.05, 4.69) is 51.6 Å². The molecule has 3 rings (SSSR count). The number of hydrogen-bond donors (Lipinski definition) is 1. The SMILES string of the molecule is CCc1ccc(C(CNC(=O)c2cnn(-c3ccccc3)n2)N(C)C)cc1. The van der Waals surface area contributed by atoms with Gasteiger partial charge in [-0.3, -0.25) is 4.79 Å². The lowest BCUT2D eigenvalue weighted by atomic mass is 10.0. The summed E-state index contributed by atoms with van der Waals surface area (Å²) in [5.41, 5.74) is 3.60. The smallest absolute Gasteiger partial charge is 0.273 e. The van der Waals surface area contributed by atoms with E-state index in [-0.39, 0.29) is 11.9 Å². The van der Waals surface area contributed by atoms with Gasteiger partial charge in [0.1, 0.15) is 0 Å². The largest absolute Gasteiger partial charge is 0.349 e. The number of aryl methyl sites for hydroxylation is 1. The molecule has 0 fully saturated rings. The lowest BCUT2D eigenvalue weighted by Crippen LogP contribution is -2.34. The standard InChI is InChI=1S/C21H25N5O/c1-4-16-10-12-17(13-11-16)20(25(2)3)15-22-21(27)19-14-23-26(24-19)18-8-6-5-7-9-18/h5-14,20H,4,15H2,1-3H3,(H,22,27). The number of nitrogens with zero attached hydrogens (tertiary/aromatic N) is 4. The molecule has 0 spiro atoms. The minimum absolute atomic E-state index is 0.0871. The minimum atomic E-state index is -0.228. The van der Waals surface area contributed by atoms with Crippen molar-refractivity contribution in [3.05, 3.63) is 77.6 Å². The molecule has 6 heteroatoms. The van der Waals surface area contributed by atoms with E-state index in [9.17, 15) is 4.79 Å². The summed E-state index contributed by atoms with van der Waals surface area (Å²) in [5.74, 6) is -0.228. The third-order valence-corrected chi connectivity index (χ3v) is 4.56. The van der Waals surface area contributed by atoms with Crippen LogP contribution >= 0.6 is 0 Å². The lowest BCUT2D eigenvalue weighted by molar-refractivity contribution is 0.0936. The molecule has 140 valence electrons. The number of para-hydroxylation sites is 1. The fourth-order valence-corrected chi connectivity index (χ4v) is 2.91. The fraction of sp³-hybridized carbons (Fsp3) is 0.286. The van der Waals surface area contributed by atoms with Gasteiger partial charge in [0.25, 0.3) is 5.91 Å². The first-order chi connectivity index (χ1) is 13.1. The highest BCUT2D eigenvalue weighted by Gasteiger charge is 2.17. The molecule has 1 amide bonds. The summed E-state index contributed by atoms with van der Waals surface area (Å²) in [6, 6.07) is 18.1. The summed E-state index contributed by atoms with van der Waals surface area (Å²) in [4.78, 5) is 16.1. The molecule has 27 heavy (non-hydrogen) atoms. The fourth-order valence-electron chi connectivity index (χ4n) is 2.91. The van der Waals surface area contributed by atoms with Crippen molar-refractivity contribution in [3.8, 4) is 5.69 Å². The molecule has 2 aromatic carbocycles. The van der Waals surface area contributed by atoms with Gasteiger partial charge in [0, 0.05) is 6.54 Å². The van der Waals surface area contributed by atoms with E-state index in [4.69, 9.17) is 0 Å². The molecule has 0 radical (unpaired) electrons. The van der Waals surface area contributed by atoms with Crippen LogP contribution in [0.1, 0.15) is 34.6 Å². The Morgan fingerprint density at radius 1 is 1.11 bits per heavy atom. The summed E-state index contributed by atoms with van der Waals surface area (Å²) in [5, 5.41) is 11.4. The molecule has 0 aliphatic carbocycles. The van der Waals surface area contributed by atoms with Crippen LogP contribution in [0.2, 0.25) is 0 Å². The van der Waals surface area contributed by atoms with Crippen molar-refractivity contribution in [3.63, 3.8) is 0 Å². The maximum Gasteiger partial charge on any atom is 0.273 e. The van der Waals surface area contributed by atoms with Crippen LogP contribution in [-0.4, -0.2) is 46.4 Å². The molecule has 1 N–H and O–H groups in total. The van der Waals surface area contributed by atoms with Gasteiger partial charge in [-0.25, -0.2) is 0 Å². The van der Waals surface area contributed by atoms with Crippen LogP contribution in [0, 0.1) is 0 Å². The molecule has 1 atom stereocenters. The van der Waals surface area contributed by atoms with Crippen LogP contribution in [0.5, 0.6) is 0 Å². The summed E-state index contributed by atoms with van der Waals surface area (Å²) in [6.07, 6.45) is 2.50. The van der Waals surface area contributed by atoms with E-state index in [0.29, 0.717) is 12.2 Å². The average Bonchev–Trinajstić information content (AvgIpc) is 3.19. The zero-order chi connectivity index (χ0) is 19.2. The monoisotopic (exact) mass is 363 g/mol. The minimum Gasteiger partial charge on any atom is -0.349 e. The Kier molecular flexibility index (Phi) is 5.98. The van der Waals surface area contributed by atoms with Crippen LogP contribution in [0.4, 0.5) is 0 Å². The molecule has 3 aromatic rings. The van der Waals surface area contributed by atoms with Gasteiger partial charge in [-0.1, -0.05) is 49.4 Å². The molecule has 1 heterocycles. The topological polar surface area (TPSA) is 63.1 Å². The zero-order valence-corrected chi connectivity index (χ0v) is 16.0. The van der Waals surface area contributed by atoms with Crippen molar-refractivity contribution in [2.24, 2.45) is 0 Å². The van der Waals surface area contributed by atoms with Crippen molar-refractivity contribution in [1.29, 1.82) is 0 Å². The van der Waals surface area contributed by atoms with Gasteiger partial charge in [-0.05, 0) is 43.8 Å². The van der Waals surface area contributed by atoms with E-state index in [1.54, 1.807) is 0 Å². The van der Waals surface area contributed by atoms with Gasteiger partial charge >= 0.3 is 0 Å². The van der Waals surface area contributed by atoms with Crippen LogP contribution in [0.15, 0.2) is 60.8 Å². The van der Waals surface area contributed by atoms with Crippen molar-refractivity contribution >= 4 is 5.91 Å². The van der Waals surface area contributed by atoms with Crippen molar-refractivity contribution in [2.75, 3.05) is 20.6 Å². The number of amides is 1. The van der Waals surface area contributed by atoms with Gasteiger partial charge in [0.05, 0.1) is 17.9 Å². The molecule has 6 nitrogen and oxygen atoms in total. The molecular formula is C21H25N5O. The molecule has 0 aliphatic heterocycles. The van der Waals surface area contributed by atoms with Gasteiger partial charge < -0.3 is 10.2 Å². The maximum absolute atomic E-state index is 12.5. The van der Waals surface area contributed by atoms with Crippen molar-refractivity contribution in [2.45, 2.75) is 19.4 Å². The third-order valence-electron chi connectivity index (χ3n) is 4.56. The van der Waals surface area contributed by atoms with Gasteiger partial charge in [-0.15, -0.1) is 5.10 Å². The molecule has 0 aliphatic rings. The number of carbonyl (C=O) groups is 1. The van der Waals surface area contributed by atoms with E-state index < -0.39 is 0 Å². The molecule has 0 saturated heterocycles. The first-order valence-electron chi connectivity index (χ1n) is 9.09. The number of hydrogen-bond acceptors (Lipinski definition) is 4. The second kappa shape index (κ2) is 8.60. The first kappa shape index (κ1) is 18.8. The Morgan fingerprint density at radius 2 is 1.81 bits per heavy atom. The lowest BCUT2D eigenvalue weighted by Gasteiger charge is -2.25. The number of aromatic nitrogens is 3. The quantitative estimate of drug-likeness (QED) is 0.701. The zero-order valence-electron chi connectivity index (χ0n) is 16.0. The summed E-state index contributed by atoms with van der Waals surface area (Å²) in [6.45, 7) is 2.64. The molecule has 0 bridgehead atoms. The summed E-state index contributed by atoms with van der Waals surface area (Å²) in [7, 11) is 4.02. The Labute approximate surface area is 159 Å². The average molecular weight is 363 g/mol. The second-order valence-electron chi connectivity index (χ2n) is 6.64. The Hall–Kier alpha value is -2.99. The first-order valence-corrected chi connectivity index (χ1v) is 9.09.